The molecule has 1 aliphatic heterocycles. The monoisotopic (exact) mass is 183 g/mol. The van der Waals surface area contributed by atoms with Crippen molar-refractivity contribution in [3.8, 4) is 0 Å². The van der Waals surface area contributed by atoms with E-state index in [9.17, 15) is 0 Å². The highest BCUT2D eigenvalue weighted by atomic mass is 16.7. The largest absolute Gasteiger partial charge is 0.449 e. The van der Waals surface area contributed by atoms with Crippen LogP contribution in [0.1, 0.15) is 18.5 Å². The Bertz CT molecular complexity index is 323. The van der Waals surface area contributed by atoms with E-state index in [0.29, 0.717) is 11.6 Å². The van der Waals surface area contributed by atoms with Crippen LogP contribution in [0.5, 0.6) is 0 Å². The maximum atomic E-state index is 8.76. The fourth-order valence-corrected chi connectivity index (χ4v) is 1.03. The standard InChI is InChI=1S/C8H9NO4/c1-8(12-2-3-13-8)7-9-6(4-10)5-11-7/h2-3,5,10H,4H2,1H3. The van der Waals surface area contributed by atoms with Gasteiger partial charge in [-0.15, -0.1) is 0 Å². The van der Waals surface area contributed by atoms with Gasteiger partial charge in [0.15, 0.2) is 0 Å². The van der Waals surface area contributed by atoms with Gasteiger partial charge in [-0.25, -0.2) is 4.98 Å². The summed E-state index contributed by atoms with van der Waals surface area (Å²) in [7, 11) is 0. The summed E-state index contributed by atoms with van der Waals surface area (Å²) < 4.78 is 15.4. The van der Waals surface area contributed by atoms with Crippen LogP contribution in [0.2, 0.25) is 0 Å². The fourth-order valence-electron chi connectivity index (χ4n) is 1.03. The van der Waals surface area contributed by atoms with Crippen LogP contribution in [0, 0.1) is 0 Å². The number of rotatable bonds is 2. The van der Waals surface area contributed by atoms with Gasteiger partial charge in [-0.3, -0.25) is 0 Å². The molecule has 0 aliphatic carbocycles. The summed E-state index contributed by atoms with van der Waals surface area (Å²) in [4.78, 5) is 3.98. The first kappa shape index (κ1) is 8.12. The van der Waals surface area contributed by atoms with Gasteiger partial charge < -0.3 is 19.0 Å². The fraction of sp³-hybridized carbons (Fsp3) is 0.375. The predicted octanol–water partition coefficient (Wildman–Crippen LogP) is 0.858. The molecular weight excluding hydrogens is 174 g/mol. The molecule has 2 heterocycles. The van der Waals surface area contributed by atoms with Crippen molar-refractivity contribution in [1.82, 2.24) is 4.98 Å². The molecule has 0 atom stereocenters. The van der Waals surface area contributed by atoms with E-state index in [0.717, 1.165) is 0 Å². The Morgan fingerprint density at radius 2 is 2.15 bits per heavy atom. The number of aliphatic hydroxyl groups is 1. The van der Waals surface area contributed by atoms with Gasteiger partial charge in [-0.1, -0.05) is 0 Å². The molecule has 1 aromatic heterocycles. The van der Waals surface area contributed by atoms with Crippen molar-refractivity contribution in [2.24, 2.45) is 0 Å². The highest BCUT2D eigenvalue weighted by Crippen LogP contribution is 2.30. The normalized spacial score (nSPS) is 18.3. The lowest BCUT2D eigenvalue weighted by Crippen LogP contribution is -2.22. The van der Waals surface area contributed by atoms with E-state index in [1.807, 2.05) is 0 Å². The Kier molecular flexibility index (Phi) is 1.73. The van der Waals surface area contributed by atoms with E-state index in [2.05, 4.69) is 4.98 Å². The van der Waals surface area contributed by atoms with Crippen molar-refractivity contribution < 1.29 is 19.0 Å². The molecule has 0 aromatic carbocycles. The van der Waals surface area contributed by atoms with Crippen molar-refractivity contribution in [3.05, 3.63) is 30.4 Å². The summed E-state index contributed by atoms with van der Waals surface area (Å²) in [5, 5.41) is 8.76. The average Bonchev–Trinajstić information content (AvgIpc) is 2.72. The molecule has 5 nitrogen and oxygen atoms in total. The second kappa shape index (κ2) is 2.77. The van der Waals surface area contributed by atoms with Crippen molar-refractivity contribution >= 4 is 0 Å². The van der Waals surface area contributed by atoms with Crippen LogP contribution in [0.15, 0.2) is 23.2 Å². The average molecular weight is 183 g/mol. The molecule has 0 amide bonds. The van der Waals surface area contributed by atoms with Crippen LogP contribution in [0.25, 0.3) is 0 Å². The lowest BCUT2D eigenvalue weighted by Gasteiger charge is -2.18. The predicted molar refractivity (Wildman–Crippen MR) is 41.1 cm³/mol. The highest BCUT2D eigenvalue weighted by molar-refractivity contribution is 5.02. The Morgan fingerprint density at radius 3 is 2.69 bits per heavy atom. The zero-order valence-corrected chi connectivity index (χ0v) is 7.06. The van der Waals surface area contributed by atoms with Crippen molar-refractivity contribution in [3.63, 3.8) is 0 Å². The van der Waals surface area contributed by atoms with E-state index >= 15 is 0 Å². The number of aliphatic hydroxyl groups excluding tert-OH is 1. The molecule has 13 heavy (non-hydrogen) atoms. The molecule has 0 radical (unpaired) electrons. The Morgan fingerprint density at radius 1 is 1.46 bits per heavy atom. The first-order chi connectivity index (χ1) is 6.24. The van der Waals surface area contributed by atoms with E-state index in [-0.39, 0.29) is 6.61 Å². The molecule has 0 saturated carbocycles. The summed E-state index contributed by atoms with van der Waals surface area (Å²) >= 11 is 0. The third-order valence-electron chi connectivity index (χ3n) is 1.74. The van der Waals surface area contributed by atoms with E-state index in [1.54, 1.807) is 6.92 Å². The topological polar surface area (TPSA) is 64.7 Å². The number of hydrogen-bond acceptors (Lipinski definition) is 5. The molecule has 0 spiro atoms. The summed E-state index contributed by atoms with van der Waals surface area (Å²) in [6.45, 7) is 1.52. The molecule has 0 bridgehead atoms. The molecule has 1 aliphatic rings. The number of oxazole rings is 1. The Balaban J connectivity index is 2.24. The molecule has 1 aromatic rings. The van der Waals surface area contributed by atoms with Crippen LogP contribution in [-0.4, -0.2) is 10.1 Å². The van der Waals surface area contributed by atoms with Crippen molar-refractivity contribution in [2.45, 2.75) is 19.3 Å². The van der Waals surface area contributed by atoms with Gasteiger partial charge in [0.1, 0.15) is 24.5 Å². The second-order valence-corrected chi connectivity index (χ2v) is 2.76. The summed E-state index contributed by atoms with van der Waals surface area (Å²) in [5.74, 6) is -0.700. The molecule has 5 heteroatoms. The van der Waals surface area contributed by atoms with Gasteiger partial charge in [0.25, 0.3) is 5.89 Å². The first-order valence-corrected chi connectivity index (χ1v) is 3.81. The Labute approximate surface area is 74.6 Å². The van der Waals surface area contributed by atoms with Crippen molar-refractivity contribution in [1.29, 1.82) is 0 Å². The van der Waals surface area contributed by atoms with Gasteiger partial charge in [0, 0.05) is 6.92 Å². The third kappa shape index (κ3) is 1.27. The highest BCUT2D eigenvalue weighted by Gasteiger charge is 2.37. The smallest absolute Gasteiger partial charge is 0.325 e. The van der Waals surface area contributed by atoms with E-state index in [1.165, 1.54) is 18.8 Å². The van der Waals surface area contributed by atoms with Crippen LogP contribution < -0.4 is 0 Å². The first-order valence-electron chi connectivity index (χ1n) is 3.81. The van der Waals surface area contributed by atoms with Gasteiger partial charge in [0.2, 0.25) is 0 Å². The minimum atomic E-state index is -0.993. The molecule has 0 saturated heterocycles. The van der Waals surface area contributed by atoms with Gasteiger partial charge >= 0.3 is 5.79 Å². The Hall–Kier alpha value is -1.49. The number of aromatic nitrogens is 1. The minimum absolute atomic E-state index is 0.160. The summed E-state index contributed by atoms with van der Waals surface area (Å²) in [6.07, 6.45) is 4.21. The van der Waals surface area contributed by atoms with E-state index < -0.39 is 5.79 Å². The van der Waals surface area contributed by atoms with E-state index in [4.69, 9.17) is 19.0 Å². The van der Waals surface area contributed by atoms with Crippen LogP contribution in [-0.2, 0) is 21.9 Å². The van der Waals surface area contributed by atoms with Gasteiger partial charge in [-0.2, -0.15) is 0 Å². The van der Waals surface area contributed by atoms with Crippen LogP contribution >= 0.6 is 0 Å². The molecule has 70 valence electrons. The quantitative estimate of drug-likeness (QED) is 0.736. The lowest BCUT2D eigenvalue weighted by atomic mass is 10.3. The zero-order valence-electron chi connectivity index (χ0n) is 7.06. The minimum Gasteiger partial charge on any atom is -0.449 e. The lowest BCUT2D eigenvalue weighted by molar-refractivity contribution is -0.150. The van der Waals surface area contributed by atoms with Crippen LogP contribution in [0.4, 0.5) is 0 Å². The zero-order chi connectivity index (χ0) is 9.31. The van der Waals surface area contributed by atoms with Crippen LogP contribution in [0.3, 0.4) is 0 Å². The maximum Gasteiger partial charge on any atom is 0.325 e. The van der Waals surface area contributed by atoms with Gasteiger partial charge in [0.05, 0.1) is 6.61 Å². The molecular formula is C8H9NO4. The maximum absolute atomic E-state index is 8.76. The summed E-state index contributed by atoms with van der Waals surface area (Å²) in [5.41, 5.74) is 0.454. The van der Waals surface area contributed by atoms with Crippen molar-refractivity contribution in [2.75, 3.05) is 0 Å². The SMILES string of the molecule is CC1(c2nc(CO)co2)OC=CO1. The molecule has 0 unspecified atom stereocenters. The summed E-state index contributed by atoms with van der Waals surface area (Å²) in [6, 6.07) is 0. The molecule has 0 fully saturated rings. The molecule has 1 N–H and O–H groups in total. The molecule has 2 rings (SSSR count). The number of hydrogen-bond donors (Lipinski definition) is 1. The third-order valence-corrected chi connectivity index (χ3v) is 1.74. The number of ether oxygens (including phenoxy) is 2. The second-order valence-electron chi connectivity index (χ2n) is 2.76. The van der Waals surface area contributed by atoms with Gasteiger partial charge in [-0.05, 0) is 0 Å². The number of nitrogens with zero attached hydrogens (tertiary/aromatic N) is 1.